The second-order valence-electron chi connectivity index (χ2n) is 9.78. The predicted molar refractivity (Wildman–Crippen MR) is 157 cm³/mol. The van der Waals surface area contributed by atoms with Gasteiger partial charge >= 0.3 is 5.97 Å². The lowest BCUT2D eigenvalue weighted by Gasteiger charge is -2.23. The van der Waals surface area contributed by atoms with E-state index in [9.17, 15) is 4.79 Å². The van der Waals surface area contributed by atoms with Crippen LogP contribution in [0, 0.1) is 0 Å². The summed E-state index contributed by atoms with van der Waals surface area (Å²) in [5.41, 5.74) is 7.32. The molecule has 0 amide bonds. The van der Waals surface area contributed by atoms with Gasteiger partial charge in [-0.2, -0.15) is 5.10 Å². The van der Waals surface area contributed by atoms with Crippen molar-refractivity contribution < 1.29 is 24.5 Å². The zero-order valence-electron chi connectivity index (χ0n) is 22.6. The van der Waals surface area contributed by atoms with Crippen LogP contribution < -0.4 is 4.74 Å². The molecule has 0 aliphatic carbocycles. The Morgan fingerprint density at radius 2 is 1.80 bits per heavy atom. The molecular weight excluding hydrogens is 504 g/mol. The summed E-state index contributed by atoms with van der Waals surface area (Å²) in [7, 11) is 0. The number of carbonyl (C=O) groups is 1. The molecule has 1 atom stereocenters. The highest BCUT2D eigenvalue weighted by molar-refractivity contribution is 6.00. The molecule has 1 saturated heterocycles. The minimum Gasteiger partial charge on any atom is -0.491 e. The average molecular weight is 539 g/mol. The second-order valence-corrected chi connectivity index (χ2v) is 9.78. The SMILES string of the molecule is CC/C(=C(/c1ccc(/C=C/C(=O)O)cc1)c1ccc2c(cnn2C2CCCCO2)c1)c1ccc(OCCO)cc1. The van der Waals surface area contributed by atoms with E-state index < -0.39 is 5.97 Å². The fraction of sp³-hybridized carbons (Fsp3) is 0.273. The highest BCUT2D eigenvalue weighted by Crippen LogP contribution is 2.37. The van der Waals surface area contributed by atoms with Gasteiger partial charge in [0.25, 0.3) is 0 Å². The van der Waals surface area contributed by atoms with Crippen LogP contribution in [0.4, 0.5) is 0 Å². The van der Waals surface area contributed by atoms with Crippen molar-refractivity contribution in [1.29, 1.82) is 0 Å². The number of aliphatic hydroxyl groups is 1. The Hall–Kier alpha value is -4.20. The number of carboxylic acid groups (broad SMARTS) is 1. The minimum absolute atomic E-state index is 0.0312. The average Bonchev–Trinajstić information content (AvgIpc) is 3.42. The summed E-state index contributed by atoms with van der Waals surface area (Å²) in [5, 5.41) is 23.8. The monoisotopic (exact) mass is 538 g/mol. The smallest absolute Gasteiger partial charge is 0.328 e. The first kappa shape index (κ1) is 27.4. The number of fused-ring (bicyclic) bond motifs is 1. The van der Waals surface area contributed by atoms with E-state index in [0.717, 1.165) is 77.1 Å². The van der Waals surface area contributed by atoms with Crippen LogP contribution in [0.1, 0.15) is 61.1 Å². The van der Waals surface area contributed by atoms with E-state index in [1.165, 1.54) is 5.57 Å². The zero-order valence-corrected chi connectivity index (χ0v) is 22.6. The Labute approximate surface area is 234 Å². The molecule has 1 unspecified atom stereocenters. The summed E-state index contributed by atoms with van der Waals surface area (Å²) in [6.45, 7) is 3.13. The lowest BCUT2D eigenvalue weighted by atomic mass is 9.87. The lowest BCUT2D eigenvalue weighted by Crippen LogP contribution is -2.18. The second kappa shape index (κ2) is 12.8. The molecule has 7 heteroatoms. The van der Waals surface area contributed by atoms with Crippen LogP contribution in [0.15, 0.2) is 79.0 Å². The molecule has 2 heterocycles. The normalized spacial score (nSPS) is 16.3. The van der Waals surface area contributed by atoms with Gasteiger partial charge in [-0.05, 0) is 89.4 Å². The van der Waals surface area contributed by atoms with Crippen molar-refractivity contribution in [2.45, 2.75) is 38.8 Å². The van der Waals surface area contributed by atoms with E-state index in [1.54, 1.807) is 6.08 Å². The Morgan fingerprint density at radius 1 is 1.05 bits per heavy atom. The molecule has 2 N–H and O–H groups in total. The van der Waals surface area contributed by atoms with Crippen molar-refractivity contribution >= 4 is 34.1 Å². The number of carboxylic acids is 1. The molecule has 206 valence electrons. The maximum atomic E-state index is 11.0. The van der Waals surface area contributed by atoms with Gasteiger partial charge in [-0.15, -0.1) is 0 Å². The summed E-state index contributed by atoms with van der Waals surface area (Å²) in [6.07, 6.45) is 8.60. The van der Waals surface area contributed by atoms with Crippen molar-refractivity contribution in [3.8, 4) is 5.75 Å². The maximum absolute atomic E-state index is 11.0. The maximum Gasteiger partial charge on any atom is 0.328 e. The number of allylic oxidation sites excluding steroid dienone is 1. The van der Waals surface area contributed by atoms with Gasteiger partial charge in [-0.3, -0.25) is 0 Å². The van der Waals surface area contributed by atoms with Crippen molar-refractivity contribution in [2.24, 2.45) is 0 Å². The van der Waals surface area contributed by atoms with Crippen LogP contribution in [-0.2, 0) is 9.53 Å². The summed E-state index contributed by atoms with van der Waals surface area (Å²) in [5.74, 6) is -0.264. The van der Waals surface area contributed by atoms with Gasteiger partial charge in [0, 0.05) is 18.1 Å². The summed E-state index contributed by atoms with van der Waals surface area (Å²) in [6, 6.07) is 22.3. The fourth-order valence-electron chi connectivity index (χ4n) is 5.24. The third-order valence-electron chi connectivity index (χ3n) is 7.15. The molecule has 0 bridgehead atoms. The number of ether oxygens (including phenoxy) is 2. The van der Waals surface area contributed by atoms with Crippen LogP contribution in [0.3, 0.4) is 0 Å². The number of aliphatic carboxylic acids is 1. The van der Waals surface area contributed by atoms with Crippen molar-refractivity contribution in [2.75, 3.05) is 19.8 Å². The number of hydrogen-bond donors (Lipinski definition) is 2. The Kier molecular flexibility index (Phi) is 8.74. The van der Waals surface area contributed by atoms with E-state index in [-0.39, 0.29) is 19.4 Å². The molecule has 5 rings (SSSR count). The molecule has 7 nitrogen and oxygen atoms in total. The molecule has 40 heavy (non-hydrogen) atoms. The molecule has 1 aliphatic rings. The molecule has 0 spiro atoms. The highest BCUT2D eigenvalue weighted by Gasteiger charge is 2.20. The Balaban J connectivity index is 1.60. The topological polar surface area (TPSA) is 93.8 Å². The Morgan fingerprint density at radius 3 is 2.48 bits per heavy atom. The van der Waals surface area contributed by atoms with Crippen LogP contribution >= 0.6 is 0 Å². The van der Waals surface area contributed by atoms with Crippen molar-refractivity contribution in [1.82, 2.24) is 9.78 Å². The first-order chi connectivity index (χ1) is 19.6. The predicted octanol–water partition coefficient (Wildman–Crippen LogP) is 6.57. The van der Waals surface area contributed by atoms with Gasteiger partial charge in [0.2, 0.25) is 0 Å². The molecule has 1 aromatic heterocycles. The largest absolute Gasteiger partial charge is 0.491 e. The minimum atomic E-state index is -0.975. The number of benzene rings is 3. The quantitative estimate of drug-likeness (QED) is 0.175. The van der Waals surface area contributed by atoms with Gasteiger partial charge in [-0.1, -0.05) is 49.4 Å². The van der Waals surface area contributed by atoms with Crippen LogP contribution in [0.5, 0.6) is 5.75 Å². The molecule has 4 aromatic rings. The molecular formula is C33H34N2O5. The number of aliphatic hydroxyl groups excluding tert-OH is 1. The van der Waals surface area contributed by atoms with E-state index in [1.807, 2.05) is 59.4 Å². The standard InChI is InChI=1S/C33H34N2O5/c1-2-29(24-11-14-28(15-12-24)39-20-18-36)33(25-9-6-23(7-10-25)8-17-32(37)38)26-13-16-30-27(21-26)22-34-35(30)31-5-3-4-19-40-31/h6-17,21-22,31,36H,2-5,18-20H2,1H3,(H,37,38)/b17-8+,33-29+. The molecule has 1 fully saturated rings. The van der Waals surface area contributed by atoms with Gasteiger partial charge in [0.05, 0.1) is 18.3 Å². The van der Waals surface area contributed by atoms with Crippen LogP contribution in [-0.4, -0.2) is 45.8 Å². The van der Waals surface area contributed by atoms with Gasteiger partial charge in [0.15, 0.2) is 6.23 Å². The summed E-state index contributed by atoms with van der Waals surface area (Å²) < 4.78 is 13.6. The number of aromatic nitrogens is 2. The van der Waals surface area contributed by atoms with Crippen LogP contribution in [0.2, 0.25) is 0 Å². The van der Waals surface area contributed by atoms with Gasteiger partial charge < -0.3 is 19.7 Å². The molecule has 0 radical (unpaired) electrons. The van der Waals surface area contributed by atoms with E-state index >= 15 is 0 Å². The molecule has 1 aliphatic heterocycles. The Bertz CT molecular complexity index is 1510. The first-order valence-electron chi connectivity index (χ1n) is 13.8. The van der Waals surface area contributed by atoms with E-state index in [4.69, 9.17) is 19.7 Å². The highest BCUT2D eigenvalue weighted by atomic mass is 16.5. The molecule has 0 saturated carbocycles. The fourth-order valence-corrected chi connectivity index (χ4v) is 5.24. The number of rotatable bonds is 10. The van der Waals surface area contributed by atoms with Crippen molar-refractivity contribution in [3.63, 3.8) is 0 Å². The zero-order chi connectivity index (χ0) is 27.9. The van der Waals surface area contributed by atoms with Gasteiger partial charge in [-0.25, -0.2) is 9.48 Å². The first-order valence-corrected chi connectivity index (χ1v) is 13.8. The lowest BCUT2D eigenvalue weighted by molar-refractivity contribution is -0.131. The number of nitrogens with zero attached hydrogens (tertiary/aromatic N) is 2. The summed E-state index contributed by atoms with van der Waals surface area (Å²) >= 11 is 0. The number of hydrogen-bond acceptors (Lipinski definition) is 5. The van der Waals surface area contributed by atoms with E-state index in [2.05, 4.69) is 30.2 Å². The molecule has 3 aromatic carbocycles. The van der Waals surface area contributed by atoms with E-state index in [0.29, 0.717) is 5.75 Å². The third-order valence-corrected chi connectivity index (χ3v) is 7.15. The van der Waals surface area contributed by atoms with Gasteiger partial charge in [0.1, 0.15) is 12.4 Å². The van der Waals surface area contributed by atoms with Crippen molar-refractivity contribution in [3.05, 3.63) is 101 Å². The van der Waals surface area contributed by atoms with Crippen LogP contribution in [0.25, 0.3) is 28.1 Å². The third kappa shape index (κ3) is 6.17. The summed E-state index contributed by atoms with van der Waals surface area (Å²) in [4.78, 5) is 11.0.